The van der Waals surface area contributed by atoms with E-state index in [0.29, 0.717) is 10.9 Å². The van der Waals surface area contributed by atoms with Crippen LogP contribution in [0.1, 0.15) is 28.0 Å². The molecule has 0 amide bonds. The zero-order valence-electron chi connectivity index (χ0n) is 6.72. The number of hydrogen-bond donors (Lipinski definition) is 0. The lowest BCUT2D eigenvalue weighted by Crippen LogP contribution is -2.00. The fraction of sp³-hybridized carbons (Fsp3) is 0.250. The van der Waals surface area contributed by atoms with Crippen molar-refractivity contribution in [1.82, 2.24) is 4.98 Å². The van der Waals surface area contributed by atoms with Crippen LogP contribution in [0.2, 0.25) is 0 Å². The minimum absolute atomic E-state index is 0.0191. The van der Waals surface area contributed by atoms with Crippen LogP contribution in [0, 0.1) is 6.92 Å². The van der Waals surface area contributed by atoms with Gasteiger partial charge in [0.25, 0.3) is 6.43 Å². The van der Waals surface area contributed by atoms with Gasteiger partial charge in [0.1, 0.15) is 4.60 Å². The highest BCUT2D eigenvalue weighted by Gasteiger charge is 2.17. The zero-order chi connectivity index (χ0) is 10.0. The number of hydrogen-bond acceptors (Lipinski definition) is 2. The summed E-state index contributed by atoms with van der Waals surface area (Å²) in [5.74, 6) is 0. The summed E-state index contributed by atoms with van der Waals surface area (Å²) in [6, 6.07) is 1.28. The highest BCUT2D eigenvalue weighted by atomic mass is 79.9. The van der Waals surface area contributed by atoms with Crippen LogP contribution in [0.4, 0.5) is 8.78 Å². The van der Waals surface area contributed by atoms with Gasteiger partial charge in [0.2, 0.25) is 0 Å². The van der Waals surface area contributed by atoms with Crippen LogP contribution in [0.3, 0.4) is 0 Å². The fourth-order valence-corrected chi connectivity index (χ4v) is 1.56. The van der Waals surface area contributed by atoms with Gasteiger partial charge in [0.05, 0.1) is 0 Å². The van der Waals surface area contributed by atoms with Crippen molar-refractivity contribution in [1.29, 1.82) is 0 Å². The predicted molar refractivity (Wildman–Crippen MR) is 47.0 cm³/mol. The first-order valence-corrected chi connectivity index (χ1v) is 4.26. The lowest BCUT2D eigenvalue weighted by Gasteiger charge is -2.06. The van der Waals surface area contributed by atoms with E-state index in [1.54, 1.807) is 0 Å². The van der Waals surface area contributed by atoms with Gasteiger partial charge in [-0.25, -0.2) is 13.8 Å². The van der Waals surface area contributed by atoms with E-state index < -0.39 is 6.43 Å². The number of aromatic nitrogens is 1. The van der Waals surface area contributed by atoms with Gasteiger partial charge >= 0.3 is 0 Å². The van der Waals surface area contributed by atoms with E-state index >= 15 is 0 Å². The molecule has 70 valence electrons. The molecule has 13 heavy (non-hydrogen) atoms. The Morgan fingerprint density at radius 3 is 2.69 bits per heavy atom. The number of halogens is 3. The highest BCUT2D eigenvalue weighted by molar-refractivity contribution is 9.10. The number of aryl methyl sites for hydroxylation is 1. The van der Waals surface area contributed by atoms with E-state index in [1.807, 2.05) is 0 Å². The van der Waals surface area contributed by atoms with Crippen molar-refractivity contribution in [2.24, 2.45) is 0 Å². The van der Waals surface area contributed by atoms with E-state index in [4.69, 9.17) is 0 Å². The molecule has 0 aliphatic carbocycles. The van der Waals surface area contributed by atoms with Gasteiger partial charge in [-0.3, -0.25) is 4.79 Å². The van der Waals surface area contributed by atoms with Gasteiger partial charge in [-0.15, -0.1) is 0 Å². The van der Waals surface area contributed by atoms with Gasteiger partial charge in [0, 0.05) is 16.8 Å². The molecule has 0 saturated heterocycles. The molecule has 2 nitrogen and oxygen atoms in total. The van der Waals surface area contributed by atoms with Gasteiger partial charge in [-0.05, 0) is 28.9 Å². The number of carbonyl (C=O) groups is 1. The first-order chi connectivity index (χ1) is 6.06. The largest absolute Gasteiger partial charge is 0.298 e. The Balaban J connectivity index is 3.38. The summed E-state index contributed by atoms with van der Waals surface area (Å²) in [7, 11) is 0. The Hall–Kier alpha value is -0.840. The Labute approximate surface area is 82.1 Å². The quantitative estimate of drug-likeness (QED) is 0.596. The summed E-state index contributed by atoms with van der Waals surface area (Å²) in [4.78, 5) is 14.2. The molecule has 1 aromatic rings. The summed E-state index contributed by atoms with van der Waals surface area (Å²) in [6.45, 7) is 1.44. The minimum atomic E-state index is -2.67. The molecule has 0 aromatic carbocycles. The molecule has 0 radical (unpaired) electrons. The van der Waals surface area contributed by atoms with Crippen molar-refractivity contribution in [2.75, 3.05) is 0 Å². The van der Waals surface area contributed by atoms with Crippen molar-refractivity contribution in [3.05, 3.63) is 27.5 Å². The molecule has 0 spiro atoms. The standard InChI is InChI=1S/C8H6BrF2NO/c1-4-7(8(10)11)5(3-13)2-6(9)12-4/h2-3,8H,1H3. The summed E-state index contributed by atoms with van der Waals surface area (Å²) in [5, 5.41) is 0. The molecule has 1 rings (SSSR count). The second kappa shape index (κ2) is 3.91. The molecule has 0 N–H and O–H groups in total. The number of carbonyl (C=O) groups excluding carboxylic acids is 1. The zero-order valence-corrected chi connectivity index (χ0v) is 8.31. The van der Waals surface area contributed by atoms with E-state index in [-0.39, 0.29) is 16.8 Å². The fourth-order valence-electron chi connectivity index (χ4n) is 1.05. The Kier molecular flexibility index (Phi) is 3.08. The molecule has 0 aliphatic heterocycles. The first-order valence-electron chi connectivity index (χ1n) is 3.46. The van der Waals surface area contributed by atoms with E-state index in [9.17, 15) is 13.6 Å². The van der Waals surface area contributed by atoms with Crippen molar-refractivity contribution in [3.8, 4) is 0 Å². The third-order valence-electron chi connectivity index (χ3n) is 1.60. The van der Waals surface area contributed by atoms with Crippen LogP contribution in [0.5, 0.6) is 0 Å². The molecule has 0 aliphatic rings. The summed E-state index contributed by atoms with van der Waals surface area (Å²) >= 11 is 3.02. The lowest BCUT2D eigenvalue weighted by molar-refractivity contribution is 0.110. The number of aldehydes is 1. The number of rotatable bonds is 2. The normalized spacial score (nSPS) is 10.5. The van der Waals surface area contributed by atoms with Crippen molar-refractivity contribution in [3.63, 3.8) is 0 Å². The smallest absolute Gasteiger partial charge is 0.266 e. The Morgan fingerprint density at radius 1 is 1.62 bits per heavy atom. The molecule has 0 saturated carbocycles. The Bertz CT molecular complexity index is 341. The van der Waals surface area contributed by atoms with Crippen LogP contribution < -0.4 is 0 Å². The maximum atomic E-state index is 12.4. The molecular weight excluding hydrogens is 244 g/mol. The molecular formula is C8H6BrF2NO. The van der Waals surface area contributed by atoms with E-state index in [1.165, 1.54) is 13.0 Å². The average Bonchev–Trinajstić information content (AvgIpc) is 2.01. The molecule has 0 bridgehead atoms. The molecule has 5 heteroatoms. The number of pyridine rings is 1. The Morgan fingerprint density at radius 2 is 2.23 bits per heavy atom. The maximum absolute atomic E-state index is 12.4. The van der Waals surface area contributed by atoms with Crippen LogP contribution in [0.15, 0.2) is 10.7 Å². The van der Waals surface area contributed by atoms with Crippen molar-refractivity contribution >= 4 is 22.2 Å². The van der Waals surface area contributed by atoms with Crippen molar-refractivity contribution in [2.45, 2.75) is 13.3 Å². The molecule has 0 unspecified atom stereocenters. The molecule has 0 atom stereocenters. The van der Waals surface area contributed by atoms with Gasteiger partial charge in [-0.2, -0.15) is 0 Å². The summed E-state index contributed by atoms with van der Waals surface area (Å²) < 4.78 is 25.2. The summed E-state index contributed by atoms with van der Waals surface area (Å²) in [6.07, 6.45) is -2.26. The van der Waals surface area contributed by atoms with E-state index in [2.05, 4.69) is 20.9 Å². The number of nitrogens with zero attached hydrogens (tertiary/aromatic N) is 1. The first kappa shape index (κ1) is 10.2. The molecule has 1 aromatic heterocycles. The SMILES string of the molecule is Cc1nc(Br)cc(C=O)c1C(F)F. The monoisotopic (exact) mass is 249 g/mol. The van der Waals surface area contributed by atoms with Gasteiger partial charge < -0.3 is 0 Å². The summed E-state index contributed by atoms with van der Waals surface area (Å²) in [5.41, 5.74) is -0.140. The topological polar surface area (TPSA) is 30.0 Å². The van der Waals surface area contributed by atoms with Crippen LogP contribution in [-0.4, -0.2) is 11.3 Å². The van der Waals surface area contributed by atoms with E-state index in [0.717, 1.165) is 0 Å². The second-order valence-corrected chi connectivity index (χ2v) is 3.26. The average molecular weight is 250 g/mol. The van der Waals surface area contributed by atoms with Crippen LogP contribution >= 0.6 is 15.9 Å². The van der Waals surface area contributed by atoms with Gasteiger partial charge in [0.15, 0.2) is 6.29 Å². The van der Waals surface area contributed by atoms with Crippen molar-refractivity contribution < 1.29 is 13.6 Å². The number of alkyl halides is 2. The predicted octanol–water partition coefficient (Wildman–Crippen LogP) is 2.90. The third-order valence-corrected chi connectivity index (χ3v) is 2.00. The molecule has 1 heterocycles. The third kappa shape index (κ3) is 2.09. The lowest BCUT2D eigenvalue weighted by atomic mass is 10.1. The minimum Gasteiger partial charge on any atom is -0.298 e. The highest BCUT2D eigenvalue weighted by Crippen LogP contribution is 2.26. The van der Waals surface area contributed by atoms with Crippen LogP contribution in [-0.2, 0) is 0 Å². The van der Waals surface area contributed by atoms with Gasteiger partial charge in [-0.1, -0.05) is 0 Å². The van der Waals surface area contributed by atoms with Crippen LogP contribution in [0.25, 0.3) is 0 Å². The maximum Gasteiger partial charge on any atom is 0.266 e. The molecule has 0 fully saturated rings. The second-order valence-electron chi connectivity index (χ2n) is 2.45.